The van der Waals surface area contributed by atoms with Gasteiger partial charge in [-0.3, -0.25) is 5.10 Å². The van der Waals surface area contributed by atoms with Crippen LogP contribution >= 0.6 is 0 Å². The molecule has 6 heteroatoms. The van der Waals surface area contributed by atoms with Crippen LogP contribution in [0.1, 0.15) is 17.5 Å². The lowest BCUT2D eigenvalue weighted by Crippen LogP contribution is -1.93. The summed E-state index contributed by atoms with van der Waals surface area (Å²) in [7, 11) is 0. The first-order valence-corrected chi connectivity index (χ1v) is 3.98. The molecule has 0 saturated carbocycles. The number of nitrogens with zero attached hydrogens (tertiary/aromatic N) is 4. The van der Waals surface area contributed by atoms with Gasteiger partial charge in [-0.05, 0) is 6.92 Å². The average Bonchev–Trinajstić information content (AvgIpc) is 2.71. The molecule has 13 heavy (non-hydrogen) atoms. The molecular formula is C7H9N5O. The highest BCUT2D eigenvalue weighted by Crippen LogP contribution is 2.00. The lowest BCUT2D eigenvalue weighted by molar-refractivity contribution is 0.374. The van der Waals surface area contributed by atoms with Gasteiger partial charge in [0, 0.05) is 12.8 Å². The minimum Gasteiger partial charge on any atom is -0.339 e. The number of H-pyrrole nitrogens is 1. The average molecular weight is 179 g/mol. The zero-order valence-corrected chi connectivity index (χ0v) is 7.19. The van der Waals surface area contributed by atoms with Gasteiger partial charge < -0.3 is 4.52 Å². The summed E-state index contributed by atoms with van der Waals surface area (Å²) in [4.78, 5) is 8.05. The zero-order chi connectivity index (χ0) is 9.10. The molecule has 0 bridgehead atoms. The van der Waals surface area contributed by atoms with Gasteiger partial charge in [0.25, 0.3) is 0 Å². The number of nitrogens with one attached hydrogen (secondary N) is 1. The maximum Gasteiger partial charge on any atom is 0.227 e. The fraction of sp³-hybridized carbons (Fsp3) is 0.429. The maximum atomic E-state index is 4.94. The number of aryl methyl sites for hydroxylation is 3. The molecule has 68 valence electrons. The predicted octanol–water partition coefficient (Wildman–Crippen LogP) is 0.281. The molecule has 0 aromatic carbocycles. The molecule has 2 rings (SSSR count). The molecule has 2 aromatic heterocycles. The van der Waals surface area contributed by atoms with Gasteiger partial charge in [0.2, 0.25) is 5.89 Å². The van der Waals surface area contributed by atoms with E-state index in [1.165, 1.54) is 6.33 Å². The van der Waals surface area contributed by atoms with Crippen molar-refractivity contribution in [2.24, 2.45) is 0 Å². The first kappa shape index (κ1) is 7.90. The normalized spacial score (nSPS) is 10.5. The summed E-state index contributed by atoms with van der Waals surface area (Å²) >= 11 is 0. The second kappa shape index (κ2) is 3.34. The summed E-state index contributed by atoms with van der Waals surface area (Å²) in [6.45, 7) is 1.79. The number of aromatic amines is 1. The van der Waals surface area contributed by atoms with Crippen molar-refractivity contribution in [3.05, 3.63) is 23.9 Å². The van der Waals surface area contributed by atoms with E-state index in [2.05, 4.69) is 25.3 Å². The molecule has 0 saturated heterocycles. The first-order valence-electron chi connectivity index (χ1n) is 3.98. The fourth-order valence-electron chi connectivity index (χ4n) is 1.02. The minimum absolute atomic E-state index is 0.633. The summed E-state index contributed by atoms with van der Waals surface area (Å²) in [6.07, 6.45) is 2.91. The lowest BCUT2D eigenvalue weighted by Gasteiger charge is -1.89. The van der Waals surface area contributed by atoms with Crippen LogP contribution in [0.2, 0.25) is 0 Å². The summed E-state index contributed by atoms with van der Waals surface area (Å²) in [5.41, 5.74) is 0. The number of rotatable bonds is 3. The van der Waals surface area contributed by atoms with Crippen molar-refractivity contribution in [2.45, 2.75) is 19.8 Å². The van der Waals surface area contributed by atoms with E-state index in [0.29, 0.717) is 18.1 Å². The molecule has 0 amide bonds. The van der Waals surface area contributed by atoms with Crippen molar-refractivity contribution in [3.8, 4) is 0 Å². The van der Waals surface area contributed by atoms with Crippen molar-refractivity contribution in [1.29, 1.82) is 0 Å². The largest absolute Gasteiger partial charge is 0.339 e. The molecule has 0 fully saturated rings. The van der Waals surface area contributed by atoms with Crippen LogP contribution in [-0.2, 0) is 12.8 Å². The Bertz CT molecular complexity index is 366. The minimum atomic E-state index is 0.633. The van der Waals surface area contributed by atoms with Crippen molar-refractivity contribution in [2.75, 3.05) is 0 Å². The SMILES string of the molecule is Cc1noc(CCc2ncn[nH]2)n1. The van der Waals surface area contributed by atoms with E-state index < -0.39 is 0 Å². The van der Waals surface area contributed by atoms with E-state index in [1.807, 2.05) is 0 Å². The van der Waals surface area contributed by atoms with Crippen LogP contribution in [0.5, 0.6) is 0 Å². The van der Waals surface area contributed by atoms with Crippen LogP contribution in [0, 0.1) is 6.92 Å². The molecule has 0 spiro atoms. The van der Waals surface area contributed by atoms with Gasteiger partial charge in [-0.1, -0.05) is 5.16 Å². The third kappa shape index (κ3) is 1.90. The van der Waals surface area contributed by atoms with E-state index in [-0.39, 0.29) is 0 Å². The molecule has 2 heterocycles. The highest BCUT2D eigenvalue weighted by molar-refractivity contribution is 4.88. The molecule has 0 aliphatic heterocycles. The summed E-state index contributed by atoms with van der Waals surface area (Å²) in [5, 5.41) is 10.2. The van der Waals surface area contributed by atoms with Gasteiger partial charge in [0.15, 0.2) is 5.82 Å². The Morgan fingerprint density at radius 3 is 3.00 bits per heavy atom. The van der Waals surface area contributed by atoms with E-state index in [1.54, 1.807) is 6.92 Å². The van der Waals surface area contributed by atoms with Crippen molar-refractivity contribution >= 4 is 0 Å². The van der Waals surface area contributed by atoms with Gasteiger partial charge in [-0.15, -0.1) is 0 Å². The Morgan fingerprint density at radius 1 is 1.46 bits per heavy atom. The topological polar surface area (TPSA) is 80.5 Å². The van der Waals surface area contributed by atoms with Gasteiger partial charge in [0.1, 0.15) is 12.2 Å². The molecular weight excluding hydrogens is 170 g/mol. The summed E-state index contributed by atoms with van der Waals surface area (Å²) < 4.78 is 4.94. The third-order valence-corrected chi connectivity index (χ3v) is 1.61. The van der Waals surface area contributed by atoms with E-state index in [0.717, 1.165) is 12.2 Å². The Hall–Kier alpha value is -1.72. The molecule has 0 unspecified atom stereocenters. The predicted molar refractivity (Wildman–Crippen MR) is 42.8 cm³/mol. The van der Waals surface area contributed by atoms with Gasteiger partial charge in [-0.25, -0.2) is 4.98 Å². The summed E-state index contributed by atoms with van der Waals surface area (Å²) in [5.74, 6) is 2.12. The molecule has 6 nitrogen and oxygen atoms in total. The Morgan fingerprint density at radius 2 is 2.38 bits per heavy atom. The second-order valence-electron chi connectivity index (χ2n) is 2.67. The van der Waals surface area contributed by atoms with Gasteiger partial charge >= 0.3 is 0 Å². The van der Waals surface area contributed by atoms with Crippen molar-refractivity contribution in [1.82, 2.24) is 25.3 Å². The van der Waals surface area contributed by atoms with Crippen LogP contribution in [-0.4, -0.2) is 25.3 Å². The number of aromatic nitrogens is 5. The highest BCUT2D eigenvalue weighted by Gasteiger charge is 2.03. The Balaban J connectivity index is 1.93. The number of hydrogen-bond acceptors (Lipinski definition) is 5. The maximum absolute atomic E-state index is 4.94. The Labute approximate surface area is 74.4 Å². The second-order valence-corrected chi connectivity index (χ2v) is 2.67. The molecule has 2 aromatic rings. The van der Waals surface area contributed by atoms with Crippen LogP contribution in [0.15, 0.2) is 10.9 Å². The first-order chi connectivity index (χ1) is 6.34. The quantitative estimate of drug-likeness (QED) is 0.732. The van der Waals surface area contributed by atoms with Gasteiger partial charge in [0.05, 0.1) is 0 Å². The molecule has 0 aliphatic carbocycles. The summed E-state index contributed by atoms with van der Waals surface area (Å²) in [6, 6.07) is 0. The molecule has 0 atom stereocenters. The zero-order valence-electron chi connectivity index (χ0n) is 7.19. The molecule has 0 radical (unpaired) electrons. The Kier molecular flexibility index (Phi) is 2.03. The van der Waals surface area contributed by atoms with Crippen molar-refractivity contribution in [3.63, 3.8) is 0 Å². The van der Waals surface area contributed by atoms with E-state index in [9.17, 15) is 0 Å². The fourth-order valence-corrected chi connectivity index (χ4v) is 1.02. The van der Waals surface area contributed by atoms with Gasteiger partial charge in [-0.2, -0.15) is 10.1 Å². The lowest BCUT2D eigenvalue weighted by atomic mass is 10.3. The van der Waals surface area contributed by atoms with Crippen LogP contribution in [0.25, 0.3) is 0 Å². The highest BCUT2D eigenvalue weighted by atomic mass is 16.5. The van der Waals surface area contributed by atoms with Crippen LogP contribution in [0.3, 0.4) is 0 Å². The van der Waals surface area contributed by atoms with Crippen molar-refractivity contribution < 1.29 is 4.52 Å². The molecule has 0 aliphatic rings. The van der Waals surface area contributed by atoms with Crippen LogP contribution < -0.4 is 0 Å². The van der Waals surface area contributed by atoms with E-state index in [4.69, 9.17) is 4.52 Å². The van der Waals surface area contributed by atoms with Crippen LogP contribution in [0.4, 0.5) is 0 Å². The smallest absolute Gasteiger partial charge is 0.227 e. The third-order valence-electron chi connectivity index (χ3n) is 1.61. The van der Waals surface area contributed by atoms with E-state index >= 15 is 0 Å². The monoisotopic (exact) mass is 179 g/mol. The molecule has 1 N–H and O–H groups in total. The standard InChI is InChI=1S/C7H9N5O/c1-5-10-7(13-12-5)3-2-6-8-4-9-11-6/h4H,2-3H2,1H3,(H,8,9,11). The number of hydrogen-bond donors (Lipinski definition) is 1.